The maximum atomic E-state index is 11.7. The van der Waals surface area contributed by atoms with Crippen LogP contribution in [0.1, 0.15) is 66.2 Å². The number of hydrogen-bond acceptors (Lipinski definition) is 10. The standard InChI is InChI=1S/C28H51NO10/c1-23(2)25(30)7-5-11-29-27(32)9-13-34-15-17-36-19-21-38-22-20-37-18-16-35-14-10-28(33)39-12-6-8-26(31)24(3)4/h23-24H,5-22H2,1-4H3,(H,29,32). The zero-order chi connectivity index (χ0) is 29.1. The third kappa shape index (κ3) is 26.1. The van der Waals surface area contributed by atoms with Crippen molar-refractivity contribution in [2.45, 2.75) is 66.2 Å². The molecular formula is C28H51NO10. The first-order valence-electron chi connectivity index (χ1n) is 14.1. The number of hydrogen-bond donors (Lipinski definition) is 1. The first kappa shape index (κ1) is 37.1. The molecule has 0 spiro atoms. The van der Waals surface area contributed by atoms with Crippen molar-refractivity contribution in [3.05, 3.63) is 0 Å². The van der Waals surface area contributed by atoms with Gasteiger partial charge >= 0.3 is 5.97 Å². The quantitative estimate of drug-likeness (QED) is 0.112. The SMILES string of the molecule is CC(C)C(=O)CCCNC(=O)CCOCCOCCOCCOCCOCCC(=O)OCCCC(=O)C(C)C. The number of carbonyl (C=O) groups is 4. The van der Waals surface area contributed by atoms with Crippen LogP contribution in [0.15, 0.2) is 0 Å². The van der Waals surface area contributed by atoms with Crippen molar-refractivity contribution in [3.8, 4) is 0 Å². The smallest absolute Gasteiger partial charge is 0.308 e. The van der Waals surface area contributed by atoms with Gasteiger partial charge in [0.15, 0.2) is 0 Å². The van der Waals surface area contributed by atoms with Gasteiger partial charge in [-0.25, -0.2) is 0 Å². The molecule has 0 heterocycles. The van der Waals surface area contributed by atoms with E-state index < -0.39 is 0 Å². The van der Waals surface area contributed by atoms with Crippen LogP contribution >= 0.6 is 0 Å². The van der Waals surface area contributed by atoms with Gasteiger partial charge in [-0.2, -0.15) is 0 Å². The Balaban J connectivity index is 3.28. The molecule has 0 saturated heterocycles. The molecule has 0 aliphatic carbocycles. The Labute approximate surface area is 233 Å². The molecule has 39 heavy (non-hydrogen) atoms. The van der Waals surface area contributed by atoms with E-state index in [2.05, 4.69) is 5.32 Å². The van der Waals surface area contributed by atoms with E-state index >= 15 is 0 Å². The lowest BCUT2D eigenvalue weighted by atomic mass is 10.0. The largest absolute Gasteiger partial charge is 0.466 e. The van der Waals surface area contributed by atoms with E-state index in [1.165, 1.54) is 0 Å². The summed E-state index contributed by atoms with van der Waals surface area (Å²) in [5, 5.41) is 2.78. The molecule has 228 valence electrons. The van der Waals surface area contributed by atoms with Gasteiger partial charge in [-0.05, 0) is 12.8 Å². The number of ketones is 2. The average molecular weight is 562 g/mol. The average Bonchev–Trinajstić information content (AvgIpc) is 2.90. The maximum Gasteiger partial charge on any atom is 0.308 e. The van der Waals surface area contributed by atoms with Gasteiger partial charge in [0.05, 0.1) is 79.1 Å². The van der Waals surface area contributed by atoms with E-state index in [-0.39, 0.29) is 61.3 Å². The molecule has 11 heteroatoms. The van der Waals surface area contributed by atoms with Crippen LogP contribution in [0.25, 0.3) is 0 Å². The Morgan fingerprint density at radius 1 is 0.513 bits per heavy atom. The van der Waals surface area contributed by atoms with Crippen molar-refractivity contribution in [2.24, 2.45) is 11.8 Å². The van der Waals surface area contributed by atoms with Crippen molar-refractivity contribution in [1.82, 2.24) is 5.32 Å². The normalized spacial score (nSPS) is 11.2. The Morgan fingerprint density at radius 3 is 1.38 bits per heavy atom. The summed E-state index contributed by atoms with van der Waals surface area (Å²) in [4.78, 5) is 46.3. The molecule has 0 aromatic rings. The molecule has 0 aromatic heterocycles. The maximum absolute atomic E-state index is 11.7. The van der Waals surface area contributed by atoms with Gasteiger partial charge in [0.25, 0.3) is 0 Å². The summed E-state index contributed by atoms with van der Waals surface area (Å²) >= 11 is 0. The van der Waals surface area contributed by atoms with Crippen LogP contribution in [-0.4, -0.2) is 103 Å². The minimum absolute atomic E-state index is 0.0123. The number of rotatable bonds is 28. The molecule has 11 nitrogen and oxygen atoms in total. The predicted octanol–water partition coefficient (Wildman–Crippen LogP) is 2.52. The third-order valence-corrected chi connectivity index (χ3v) is 5.45. The van der Waals surface area contributed by atoms with E-state index in [9.17, 15) is 19.2 Å². The summed E-state index contributed by atoms with van der Waals surface area (Å²) in [5.74, 6) is 0.0243. The highest BCUT2D eigenvalue weighted by molar-refractivity contribution is 5.80. The molecule has 0 unspecified atom stereocenters. The summed E-state index contributed by atoms with van der Waals surface area (Å²) < 4.78 is 32.0. The lowest BCUT2D eigenvalue weighted by Gasteiger charge is -2.08. The van der Waals surface area contributed by atoms with Crippen LogP contribution in [0.5, 0.6) is 0 Å². The van der Waals surface area contributed by atoms with E-state index in [4.69, 9.17) is 28.4 Å². The second-order valence-electron chi connectivity index (χ2n) is 9.58. The number of nitrogens with one attached hydrogen (secondary N) is 1. The fourth-order valence-electron chi connectivity index (χ4n) is 2.96. The number of Topliss-reactive ketones (excluding diaryl/α,β-unsaturated/α-hetero) is 2. The summed E-state index contributed by atoms with van der Waals surface area (Å²) in [5.41, 5.74) is 0. The number of ether oxygens (including phenoxy) is 6. The zero-order valence-electron chi connectivity index (χ0n) is 24.5. The van der Waals surface area contributed by atoms with Gasteiger partial charge in [0.1, 0.15) is 11.6 Å². The van der Waals surface area contributed by atoms with Crippen LogP contribution in [0, 0.1) is 11.8 Å². The van der Waals surface area contributed by atoms with Crippen LogP contribution in [0.3, 0.4) is 0 Å². The fourth-order valence-corrected chi connectivity index (χ4v) is 2.96. The van der Waals surface area contributed by atoms with Gasteiger partial charge in [0.2, 0.25) is 5.91 Å². The van der Waals surface area contributed by atoms with E-state index in [1.54, 1.807) is 0 Å². The van der Waals surface area contributed by atoms with Gasteiger partial charge in [-0.15, -0.1) is 0 Å². The fraction of sp³-hybridized carbons (Fsp3) is 0.857. The molecule has 1 N–H and O–H groups in total. The van der Waals surface area contributed by atoms with Crippen molar-refractivity contribution in [2.75, 3.05) is 79.2 Å². The van der Waals surface area contributed by atoms with Crippen molar-refractivity contribution in [1.29, 1.82) is 0 Å². The minimum atomic E-state index is -0.332. The number of carbonyl (C=O) groups excluding carboxylic acids is 4. The molecule has 0 aliphatic heterocycles. The molecule has 0 atom stereocenters. The Kier molecular flexibility index (Phi) is 25.0. The third-order valence-electron chi connectivity index (χ3n) is 5.45. The van der Waals surface area contributed by atoms with Crippen molar-refractivity contribution >= 4 is 23.4 Å². The molecule has 0 bridgehead atoms. The summed E-state index contributed by atoms with van der Waals surface area (Å²) in [7, 11) is 0. The second-order valence-corrected chi connectivity index (χ2v) is 9.58. The highest BCUT2D eigenvalue weighted by Crippen LogP contribution is 2.03. The molecule has 0 aromatic carbocycles. The van der Waals surface area contributed by atoms with E-state index in [0.29, 0.717) is 91.7 Å². The summed E-state index contributed by atoms with van der Waals surface area (Å²) in [6.07, 6.45) is 2.58. The summed E-state index contributed by atoms with van der Waals surface area (Å²) in [6, 6.07) is 0. The summed E-state index contributed by atoms with van der Waals surface area (Å²) in [6.45, 7) is 12.1. The Bertz CT molecular complexity index is 600. The van der Waals surface area contributed by atoms with Gasteiger partial charge in [-0.3, -0.25) is 19.2 Å². The van der Waals surface area contributed by atoms with Gasteiger partial charge < -0.3 is 33.7 Å². The van der Waals surface area contributed by atoms with E-state index in [0.717, 1.165) is 0 Å². The highest BCUT2D eigenvalue weighted by Gasteiger charge is 2.09. The van der Waals surface area contributed by atoms with Gasteiger partial charge in [-0.1, -0.05) is 27.7 Å². The monoisotopic (exact) mass is 561 g/mol. The zero-order valence-corrected chi connectivity index (χ0v) is 24.5. The molecular weight excluding hydrogens is 510 g/mol. The second kappa shape index (κ2) is 26.3. The molecule has 0 rings (SSSR count). The molecule has 0 saturated carbocycles. The van der Waals surface area contributed by atoms with Crippen LogP contribution in [0.2, 0.25) is 0 Å². The molecule has 0 fully saturated rings. The Hall–Kier alpha value is -1.92. The first-order chi connectivity index (χ1) is 18.7. The van der Waals surface area contributed by atoms with E-state index in [1.807, 2.05) is 27.7 Å². The Morgan fingerprint density at radius 2 is 0.923 bits per heavy atom. The number of amides is 1. The minimum Gasteiger partial charge on any atom is -0.466 e. The van der Waals surface area contributed by atoms with Crippen LogP contribution < -0.4 is 5.32 Å². The van der Waals surface area contributed by atoms with Crippen LogP contribution in [0.4, 0.5) is 0 Å². The van der Waals surface area contributed by atoms with Crippen molar-refractivity contribution < 1.29 is 47.6 Å². The lowest BCUT2D eigenvalue weighted by Crippen LogP contribution is -2.26. The molecule has 0 radical (unpaired) electrons. The molecule has 1 amide bonds. The van der Waals surface area contributed by atoms with Crippen molar-refractivity contribution in [3.63, 3.8) is 0 Å². The highest BCUT2D eigenvalue weighted by atomic mass is 16.6. The molecule has 0 aliphatic rings. The van der Waals surface area contributed by atoms with Crippen LogP contribution in [-0.2, 0) is 47.6 Å². The lowest BCUT2D eigenvalue weighted by molar-refractivity contribution is -0.145. The predicted molar refractivity (Wildman–Crippen MR) is 145 cm³/mol. The first-order valence-corrected chi connectivity index (χ1v) is 14.1. The number of esters is 1. The topological polar surface area (TPSA) is 136 Å². The van der Waals surface area contributed by atoms with Gasteiger partial charge in [0, 0.05) is 37.6 Å².